The van der Waals surface area contributed by atoms with Crippen molar-refractivity contribution in [1.82, 2.24) is 9.78 Å². The Morgan fingerprint density at radius 1 is 1.21 bits per heavy atom. The van der Waals surface area contributed by atoms with E-state index in [0.29, 0.717) is 0 Å². The highest BCUT2D eigenvalue weighted by Gasteiger charge is 2.10. The lowest BCUT2D eigenvalue weighted by atomic mass is 10.2. The standard InChI is InChI=1S/C15H20IN3/c1-5-19-12(4)15(11(3)18-19)9-17-14-7-10(2)6-13(16)8-14/h6-8,17H,5,9H2,1-4H3. The van der Waals surface area contributed by atoms with Crippen LogP contribution in [-0.2, 0) is 13.1 Å². The van der Waals surface area contributed by atoms with E-state index in [9.17, 15) is 0 Å². The summed E-state index contributed by atoms with van der Waals surface area (Å²) in [4.78, 5) is 0. The highest BCUT2D eigenvalue weighted by Crippen LogP contribution is 2.19. The second kappa shape index (κ2) is 5.94. The molecule has 0 aliphatic carbocycles. The molecular weight excluding hydrogens is 349 g/mol. The van der Waals surface area contributed by atoms with Crippen molar-refractivity contribution in [1.29, 1.82) is 0 Å². The summed E-state index contributed by atoms with van der Waals surface area (Å²) in [6.07, 6.45) is 0. The minimum atomic E-state index is 0.831. The first-order valence-electron chi connectivity index (χ1n) is 6.55. The Morgan fingerprint density at radius 2 is 1.95 bits per heavy atom. The van der Waals surface area contributed by atoms with E-state index in [1.165, 1.54) is 26.1 Å². The molecule has 4 heteroatoms. The van der Waals surface area contributed by atoms with E-state index in [1.54, 1.807) is 0 Å². The number of nitrogens with zero attached hydrogens (tertiary/aromatic N) is 2. The van der Waals surface area contributed by atoms with Crippen molar-refractivity contribution in [2.45, 2.75) is 40.8 Å². The molecule has 19 heavy (non-hydrogen) atoms. The third-order valence-corrected chi connectivity index (χ3v) is 3.97. The molecular formula is C15H20IN3. The number of halogens is 1. The number of benzene rings is 1. The molecule has 0 spiro atoms. The van der Waals surface area contributed by atoms with Crippen molar-refractivity contribution in [3.63, 3.8) is 0 Å². The summed E-state index contributed by atoms with van der Waals surface area (Å²) in [6, 6.07) is 6.52. The molecule has 1 N–H and O–H groups in total. The average molecular weight is 369 g/mol. The lowest BCUT2D eigenvalue weighted by Crippen LogP contribution is -2.03. The van der Waals surface area contributed by atoms with E-state index in [1.807, 2.05) is 0 Å². The second-order valence-electron chi connectivity index (χ2n) is 4.84. The molecule has 2 rings (SSSR count). The van der Waals surface area contributed by atoms with Gasteiger partial charge in [-0.05, 0) is 74.0 Å². The minimum absolute atomic E-state index is 0.831. The maximum absolute atomic E-state index is 4.55. The predicted octanol–water partition coefficient (Wildman–Crippen LogP) is 4.04. The van der Waals surface area contributed by atoms with E-state index in [4.69, 9.17) is 0 Å². The Hall–Kier alpha value is -1.04. The predicted molar refractivity (Wildman–Crippen MR) is 88.6 cm³/mol. The number of aromatic nitrogens is 2. The third kappa shape index (κ3) is 3.29. The highest BCUT2D eigenvalue weighted by molar-refractivity contribution is 14.1. The Labute approximate surface area is 128 Å². The van der Waals surface area contributed by atoms with Gasteiger partial charge in [0.05, 0.1) is 5.69 Å². The summed E-state index contributed by atoms with van der Waals surface area (Å²) in [6.45, 7) is 10.2. The van der Waals surface area contributed by atoms with Gasteiger partial charge in [0.1, 0.15) is 0 Å². The smallest absolute Gasteiger partial charge is 0.0646 e. The average Bonchev–Trinajstić information content (AvgIpc) is 2.61. The maximum Gasteiger partial charge on any atom is 0.0646 e. The van der Waals surface area contributed by atoms with E-state index >= 15 is 0 Å². The summed E-state index contributed by atoms with van der Waals surface area (Å²) in [5.41, 5.74) is 6.14. The SMILES string of the molecule is CCn1nc(C)c(CNc2cc(C)cc(I)c2)c1C. The van der Waals surface area contributed by atoms with Gasteiger partial charge in [0.25, 0.3) is 0 Å². The van der Waals surface area contributed by atoms with Gasteiger partial charge in [0.2, 0.25) is 0 Å². The number of rotatable bonds is 4. The molecule has 0 saturated carbocycles. The number of hydrogen-bond acceptors (Lipinski definition) is 2. The highest BCUT2D eigenvalue weighted by atomic mass is 127. The lowest BCUT2D eigenvalue weighted by molar-refractivity contribution is 0.633. The minimum Gasteiger partial charge on any atom is -0.381 e. The van der Waals surface area contributed by atoms with Crippen LogP contribution in [0.3, 0.4) is 0 Å². The van der Waals surface area contributed by atoms with Crippen LogP contribution in [0.2, 0.25) is 0 Å². The monoisotopic (exact) mass is 369 g/mol. The fraction of sp³-hybridized carbons (Fsp3) is 0.400. The van der Waals surface area contributed by atoms with Crippen molar-refractivity contribution >= 4 is 28.3 Å². The van der Waals surface area contributed by atoms with Crippen LogP contribution in [-0.4, -0.2) is 9.78 Å². The number of aryl methyl sites for hydroxylation is 3. The molecule has 1 aromatic heterocycles. The van der Waals surface area contributed by atoms with Crippen molar-refractivity contribution in [3.05, 3.63) is 44.3 Å². The molecule has 0 radical (unpaired) electrons. The van der Waals surface area contributed by atoms with Gasteiger partial charge in [-0.15, -0.1) is 0 Å². The van der Waals surface area contributed by atoms with Gasteiger partial charge in [-0.25, -0.2) is 0 Å². The number of anilines is 1. The summed E-state index contributed by atoms with van der Waals surface area (Å²) in [5, 5.41) is 8.05. The first kappa shape index (κ1) is 14.4. The van der Waals surface area contributed by atoms with Crippen molar-refractivity contribution < 1.29 is 0 Å². The molecule has 0 amide bonds. The Kier molecular flexibility index (Phi) is 4.50. The molecule has 1 heterocycles. The number of nitrogens with one attached hydrogen (secondary N) is 1. The van der Waals surface area contributed by atoms with E-state index in [0.717, 1.165) is 18.8 Å². The molecule has 3 nitrogen and oxygen atoms in total. The molecule has 2 aromatic rings. The summed E-state index contributed by atoms with van der Waals surface area (Å²) in [7, 11) is 0. The van der Waals surface area contributed by atoms with Gasteiger partial charge in [0, 0.05) is 33.6 Å². The van der Waals surface area contributed by atoms with Crippen LogP contribution in [0.25, 0.3) is 0 Å². The lowest BCUT2D eigenvalue weighted by Gasteiger charge is -2.09. The zero-order valence-electron chi connectivity index (χ0n) is 11.9. The summed E-state index contributed by atoms with van der Waals surface area (Å²) in [5.74, 6) is 0. The molecule has 0 aliphatic rings. The quantitative estimate of drug-likeness (QED) is 0.825. The van der Waals surface area contributed by atoms with Crippen LogP contribution in [0.5, 0.6) is 0 Å². The molecule has 0 fully saturated rings. The summed E-state index contributed by atoms with van der Waals surface area (Å²) < 4.78 is 3.32. The van der Waals surface area contributed by atoms with Crippen molar-refractivity contribution in [2.75, 3.05) is 5.32 Å². The molecule has 0 saturated heterocycles. The van der Waals surface area contributed by atoms with Crippen LogP contribution in [0.4, 0.5) is 5.69 Å². The third-order valence-electron chi connectivity index (χ3n) is 3.34. The molecule has 0 bridgehead atoms. The van der Waals surface area contributed by atoms with Crippen molar-refractivity contribution in [3.8, 4) is 0 Å². The molecule has 0 unspecified atom stereocenters. The molecule has 102 valence electrons. The Bertz CT molecular complexity index is 567. The van der Waals surface area contributed by atoms with Crippen LogP contribution in [0, 0.1) is 24.3 Å². The van der Waals surface area contributed by atoms with Crippen LogP contribution in [0.15, 0.2) is 18.2 Å². The van der Waals surface area contributed by atoms with Gasteiger partial charge in [0.15, 0.2) is 0 Å². The van der Waals surface area contributed by atoms with Gasteiger partial charge in [-0.1, -0.05) is 0 Å². The van der Waals surface area contributed by atoms with Gasteiger partial charge >= 0.3 is 0 Å². The second-order valence-corrected chi connectivity index (χ2v) is 6.08. The zero-order chi connectivity index (χ0) is 14.0. The first-order valence-corrected chi connectivity index (χ1v) is 7.63. The van der Waals surface area contributed by atoms with Gasteiger partial charge in [-0.3, -0.25) is 4.68 Å². The van der Waals surface area contributed by atoms with Crippen molar-refractivity contribution in [2.24, 2.45) is 0 Å². The fourth-order valence-corrected chi connectivity index (χ4v) is 3.15. The summed E-state index contributed by atoms with van der Waals surface area (Å²) >= 11 is 2.35. The topological polar surface area (TPSA) is 29.9 Å². The van der Waals surface area contributed by atoms with E-state index < -0.39 is 0 Å². The Morgan fingerprint density at radius 3 is 2.53 bits per heavy atom. The first-order chi connectivity index (χ1) is 9.01. The van der Waals surface area contributed by atoms with E-state index in [-0.39, 0.29) is 0 Å². The fourth-order valence-electron chi connectivity index (χ4n) is 2.33. The Balaban J connectivity index is 2.16. The maximum atomic E-state index is 4.55. The normalized spacial score (nSPS) is 10.8. The van der Waals surface area contributed by atoms with Gasteiger partial charge in [-0.2, -0.15) is 5.10 Å². The molecule has 0 aliphatic heterocycles. The zero-order valence-corrected chi connectivity index (χ0v) is 14.1. The van der Waals surface area contributed by atoms with Crippen LogP contribution < -0.4 is 5.32 Å². The van der Waals surface area contributed by atoms with Crippen LogP contribution >= 0.6 is 22.6 Å². The molecule has 1 aromatic carbocycles. The number of hydrogen-bond donors (Lipinski definition) is 1. The van der Waals surface area contributed by atoms with Crippen LogP contribution in [0.1, 0.15) is 29.4 Å². The molecule has 0 atom stereocenters. The van der Waals surface area contributed by atoms with E-state index in [2.05, 4.69) is 83.6 Å². The van der Waals surface area contributed by atoms with Gasteiger partial charge < -0.3 is 5.32 Å². The largest absolute Gasteiger partial charge is 0.381 e.